The van der Waals surface area contributed by atoms with Crippen LogP contribution in [0.1, 0.15) is 30.9 Å². The summed E-state index contributed by atoms with van der Waals surface area (Å²) in [6, 6.07) is 5.90. The van der Waals surface area contributed by atoms with Gasteiger partial charge in [0.1, 0.15) is 5.75 Å². The molecule has 0 aromatic heterocycles. The van der Waals surface area contributed by atoms with Gasteiger partial charge in [-0.25, -0.2) is 4.79 Å². The van der Waals surface area contributed by atoms with Crippen molar-refractivity contribution in [3.63, 3.8) is 0 Å². The second-order valence-corrected chi connectivity index (χ2v) is 4.10. The van der Waals surface area contributed by atoms with Crippen molar-refractivity contribution in [2.24, 2.45) is 0 Å². The van der Waals surface area contributed by atoms with E-state index in [-0.39, 0.29) is 0 Å². The zero-order chi connectivity index (χ0) is 11.5. The topological polar surface area (TPSA) is 46.5 Å². The van der Waals surface area contributed by atoms with Gasteiger partial charge >= 0.3 is 5.97 Å². The van der Waals surface area contributed by atoms with E-state index >= 15 is 0 Å². The van der Waals surface area contributed by atoms with E-state index in [9.17, 15) is 4.79 Å². The second-order valence-electron chi connectivity index (χ2n) is 4.10. The monoisotopic (exact) mass is 220 g/mol. The first-order valence-corrected chi connectivity index (χ1v) is 5.72. The Hall–Kier alpha value is -1.51. The number of carboxylic acids is 1. The summed E-state index contributed by atoms with van der Waals surface area (Å²) in [4.78, 5) is 10.9. The molecule has 86 valence electrons. The third-order valence-electron chi connectivity index (χ3n) is 3.02. The lowest BCUT2D eigenvalue weighted by atomic mass is 10.1. The lowest BCUT2D eigenvalue weighted by Crippen LogP contribution is -2.26. The van der Waals surface area contributed by atoms with Crippen LogP contribution >= 0.6 is 0 Å². The minimum Gasteiger partial charge on any atom is -0.479 e. The highest BCUT2D eigenvalue weighted by Gasteiger charge is 2.21. The molecule has 0 spiro atoms. The molecule has 0 fully saturated rings. The van der Waals surface area contributed by atoms with Gasteiger partial charge in [0.15, 0.2) is 6.10 Å². The Morgan fingerprint density at radius 2 is 2.31 bits per heavy atom. The van der Waals surface area contributed by atoms with Crippen molar-refractivity contribution >= 4 is 5.97 Å². The van der Waals surface area contributed by atoms with Crippen molar-refractivity contribution in [1.82, 2.24) is 0 Å². The average molecular weight is 220 g/mol. The molecular weight excluding hydrogens is 204 g/mol. The number of aryl methyl sites for hydroxylation is 1. The number of aliphatic carboxylic acids is 1. The average Bonchev–Trinajstić information content (AvgIpc) is 2.73. The van der Waals surface area contributed by atoms with Crippen molar-refractivity contribution in [2.45, 2.75) is 38.7 Å². The summed E-state index contributed by atoms with van der Waals surface area (Å²) in [5.74, 6) is -0.137. The largest absolute Gasteiger partial charge is 0.479 e. The van der Waals surface area contributed by atoms with Crippen molar-refractivity contribution in [3.05, 3.63) is 29.3 Å². The number of carboxylic acid groups (broad SMARTS) is 1. The first-order chi connectivity index (χ1) is 7.72. The summed E-state index contributed by atoms with van der Waals surface area (Å²) in [6.07, 6.45) is 2.98. The molecule has 1 aliphatic carbocycles. The van der Waals surface area contributed by atoms with Crippen molar-refractivity contribution in [1.29, 1.82) is 0 Å². The van der Waals surface area contributed by atoms with Gasteiger partial charge in [0, 0.05) is 0 Å². The van der Waals surface area contributed by atoms with E-state index in [1.165, 1.54) is 11.1 Å². The summed E-state index contributed by atoms with van der Waals surface area (Å²) < 4.78 is 5.57. The van der Waals surface area contributed by atoms with Crippen molar-refractivity contribution < 1.29 is 14.6 Å². The van der Waals surface area contributed by atoms with E-state index in [1.54, 1.807) is 0 Å². The minimum absolute atomic E-state index is 0.485. The molecule has 1 N–H and O–H groups in total. The fourth-order valence-corrected chi connectivity index (χ4v) is 2.16. The zero-order valence-corrected chi connectivity index (χ0v) is 9.40. The first-order valence-electron chi connectivity index (χ1n) is 5.72. The normalized spacial score (nSPS) is 15.6. The molecule has 0 radical (unpaired) electrons. The lowest BCUT2D eigenvalue weighted by molar-refractivity contribution is -0.145. The molecule has 0 saturated carbocycles. The van der Waals surface area contributed by atoms with Gasteiger partial charge in [-0.1, -0.05) is 19.1 Å². The molecule has 0 bridgehead atoms. The number of rotatable bonds is 4. The Morgan fingerprint density at radius 1 is 1.50 bits per heavy atom. The van der Waals surface area contributed by atoms with Gasteiger partial charge in [0.25, 0.3) is 0 Å². The lowest BCUT2D eigenvalue weighted by Gasteiger charge is -2.15. The number of hydrogen-bond donors (Lipinski definition) is 1. The Kier molecular flexibility index (Phi) is 3.13. The predicted molar refractivity (Wildman–Crippen MR) is 60.8 cm³/mol. The molecule has 0 amide bonds. The first kappa shape index (κ1) is 11.0. The molecule has 1 atom stereocenters. The van der Waals surface area contributed by atoms with E-state index in [4.69, 9.17) is 9.84 Å². The van der Waals surface area contributed by atoms with E-state index in [0.29, 0.717) is 6.42 Å². The van der Waals surface area contributed by atoms with Crippen LogP contribution in [0.2, 0.25) is 0 Å². The molecule has 3 heteroatoms. The van der Waals surface area contributed by atoms with Crippen molar-refractivity contribution in [3.8, 4) is 5.75 Å². The molecule has 1 unspecified atom stereocenters. The molecule has 16 heavy (non-hydrogen) atoms. The Morgan fingerprint density at radius 3 is 3.00 bits per heavy atom. The van der Waals surface area contributed by atoms with Crippen LogP contribution in [0.5, 0.6) is 5.75 Å². The van der Waals surface area contributed by atoms with E-state index < -0.39 is 12.1 Å². The van der Waals surface area contributed by atoms with E-state index in [1.807, 2.05) is 19.1 Å². The number of ether oxygens (including phenoxy) is 1. The van der Waals surface area contributed by atoms with Gasteiger partial charge < -0.3 is 9.84 Å². The number of benzene rings is 1. The highest BCUT2D eigenvalue weighted by Crippen LogP contribution is 2.31. The highest BCUT2D eigenvalue weighted by atomic mass is 16.5. The van der Waals surface area contributed by atoms with Crippen LogP contribution < -0.4 is 4.74 Å². The molecule has 0 saturated heterocycles. The molecule has 2 rings (SSSR count). The van der Waals surface area contributed by atoms with Crippen molar-refractivity contribution in [2.75, 3.05) is 0 Å². The molecule has 3 nitrogen and oxygen atoms in total. The standard InChI is InChI=1S/C13H16O3/c1-2-11(13(14)15)16-12-8-4-6-9-5-3-7-10(9)12/h4,6,8,11H,2-3,5,7H2,1H3,(H,14,15). The van der Waals surface area contributed by atoms with Gasteiger partial charge in [0.2, 0.25) is 0 Å². The molecule has 1 aliphatic rings. The number of fused-ring (bicyclic) bond motifs is 1. The molecule has 0 heterocycles. The number of hydrogen-bond acceptors (Lipinski definition) is 2. The van der Waals surface area contributed by atoms with Crippen LogP contribution in [0.25, 0.3) is 0 Å². The van der Waals surface area contributed by atoms with Gasteiger partial charge in [0.05, 0.1) is 0 Å². The maximum Gasteiger partial charge on any atom is 0.344 e. The fraction of sp³-hybridized carbons (Fsp3) is 0.462. The maximum atomic E-state index is 10.9. The Labute approximate surface area is 95.0 Å². The number of carbonyl (C=O) groups is 1. The van der Waals surface area contributed by atoms with Crippen LogP contribution in [0.3, 0.4) is 0 Å². The molecule has 1 aromatic rings. The summed E-state index contributed by atoms with van der Waals surface area (Å²) in [5.41, 5.74) is 2.50. The highest BCUT2D eigenvalue weighted by molar-refractivity contribution is 5.72. The Bertz CT molecular complexity index is 398. The molecular formula is C13H16O3. The molecule has 1 aromatic carbocycles. The predicted octanol–water partition coefficient (Wildman–Crippen LogP) is 2.42. The van der Waals surface area contributed by atoms with Gasteiger partial charge in [-0.05, 0) is 42.9 Å². The quantitative estimate of drug-likeness (QED) is 0.847. The third kappa shape index (κ3) is 2.03. The minimum atomic E-state index is -0.891. The van der Waals surface area contributed by atoms with Crippen LogP contribution in [0.4, 0.5) is 0 Å². The van der Waals surface area contributed by atoms with Gasteiger partial charge in [-0.15, -0.1) is 0 Å². The van der Waals surface area contributed by atoms with Crippen LogP contribution in [0, 0.1) is 0 Å². The van der Waals surface area contributed by atoms with Crippen LogP contribution in [-0.4, -0.2) is 17.2 Å². The third-order valence-corrected chi connectivity index (χ3v) is 3.02. The SMILES string of the molecule is CCC(Oc1cccc2c1CCC2)C(=O)O. The van der Waals surface area contributed by atoms with Crippen LogP contribution in [-0.2, 0) is 17.6 Å². The summed E-state index contributed by atoms with van der Waals surface area (Å²) in [5, 5.41) is 8.96. The van der Waals surface area contributed by atoms with E-state index in [2.05, 4.69) is 6.07 Å². The molecule has 0 aliphatic heterocycles. The second kappa shape index (κ2) is 4.56. The van der Waals surface area contributed by atoms with E-state index in [0.717, 1.165) is 25.0 Å². The van der Waals surface area contributed by atoms with Gasteiger partial charge in [-0.2, -0.15) is 0 Å². The fourth-order valence-electron chi connectivity index (χ4n) is 2.16. The van der Waals surface area contributed by atoms with Crippen LogP contribution in [0.15, 0.2) is 18.2 Å². The summed E-state index contributed by atoms with van der Waals surface area (Å²) >= 11 is 0. The van der Waals surface area contributed by atoms with Gasteiger partial charge in [-0.3, -0.25) is 0 Å². The summed E-state index contributed by atoms with van der Waals surface area (Å²) in [6.45, 7) is 1.82. The smallest absolute Gasteiger partial charge is 0.344 e. The Balaban J connectivity index is 2.21. The summed E-state index contributed by atoms with van der Waals surface area (Å²) in [7, 11) is 0. The zero-order valence-electron chi connectivity index (χ0n) is 9.40. The maximum absolute atomic E-state index is 10.9.